The summed E-state index contributed by atoms with van der Waals surface area (Å²) in [5, 5.41) is 3.95. The molecule has 3 aliphatic rings. The summed E-state index contributed by atoms with van der Waals surface area (Å²) in [5.74, 6) is 0.560. The van der Waals surface area contributed by atoms with Crippen molar-refractivity contribution in [2.75, 3.05) is 7.05 Å². The molecule has 4 unspecified atom stereocenters. The maximum atomic E-state index is 13.2. The number of nitrogens with zero attached hydrogens (tertiary/aromatic N) is 1. The minimum Gasteiger partial charge on any atom is -0.352 e. The summed E-state index contributed by atoms with van der Waals surface area (Å²) in [6, 6.07) is 7.68. The van der Waals surface area contributed by atoms with Gasteiger partial charge in [-0.15, -0.1) is 12.4 Å². The predicted molar refractivity (Wildman–Crippen MR) is 112 cm³/mol. The topological polar surface area (TPSA) is 75.4 Å². The molecule has 1 aromatic rings. The van der Waals surface area contributed by atoms with Crippen molar-refractivity contribution in [3.05, 3.63) is 34.9 Å². The van der Waals surface area contributed by atoms with Gasteiger partial charge in [0.25, 0.3) is 0 Å². The SMILES string of the molecule is CN1C(=O)CC(C(=O)NC2C3CCCC2CC(N)C3)C1c1cccc(Cl)c1.Cl. The maximum Gasteiger partial charge on any atom is 0.226 e. The van der Waals surface area contributed by atoms with Crippen LogP contribution in [0.3, 0.4) is 0 Å². The van der Waals surface area contributed by atoms with E-state index in [1.54, 1.807) is 11.9 Å². The third-order valence-electron chi connectivity index (χ3n) is 6.80. The quantitative estimate of drug-likeness (QED) is 0.779. The number of hydrogen-bond acceptors (Lipinski definition) is 3. The molecule has 1 aromatic carbocycles. The summed E-state index contributed by atoms with van der Waals surface area (Å²) in [6.45, 7) is 0. The summed E-state index contributed by atoms with van der Waals surface area (Å²) in [6.07, 6.45) is 5.73. The van der Waals surface area contributed by atoms with Crippen molar-refractivity contribution in [2.24, 2.45) is 23.5 Å². The lowest BCUT2D eigenvalue weighted by molar-refractivity contribution is -0.129. The number of amides is 2. The van der Waals surface area contributed by atoms with Crippen LogP contribution in [-0.4, -0.2) is 35.8 Å². The lowest BCUT2D eigenvalue weighted by atomic mass is 9.67. The molecule has 3 fully saturated rings. The Morgan fingerprint density at radius 2 is 1.93 bits per heavy atom. The number of likely N-dealkylation sites (tertiary alicyclic amines) is 1. The van der Waals surface area contributed by atoms with E-state index in [1.165, 1.54) is 6.42 Å². The van der Waals surface area contributed by atoms with Crippen molar-refractivity contribution < 1.29 is 9.59 Å². The molecule has 1 aliphatic heterocycles. The summed E-state index contributed by atoms with van der Waals surface area (Å²) >= 11 is 6.15. The van der Waals surface area contributed by atoms with Crippen molar-refractivity contribution >= 4 is 35.8 Å². The fourth-order valence-electron chi connectivity index (χ4n) is 5.55. The van der Waals surface area contributed by atoms with Crippen LogP contribution in [0.1, 0.15) is 50.1 Å². The average Bonchev–Trinajstić information content (AvgIpc) is 2.91. The van der Waals surface area contributed by atoms with Crippen molar-refractivity contribution in [1.29, 1.82) is 0 Å². The van der Waals surface area contributed by atoms with Crippen LogP contribution >= 0.6 is 24.0 Å². The highest BCUT2D eigenvalue weighted by Crippen LogP contribution is 2.42. The second-order valence-corrected chi connectivity index (χ2v) is 8.97. The lowest BCUT2D eigenvalue weighted by Gasteiger charge is -2.45. The molecule has 1 heterocycles. The van der Waals surface area contributed by atoms with Gasteiger partial charge in [-0.2, -0.15) is 0 Å². The number of carbonyl (C=O) groups is 2. The maximum absolute atomic E-state index is 13.2. The predicted octanol–water partition coefficient (Wildman–Crippen LogP) is 3.30. The first-order chi connectivity index (χ1) is 12.9. The average molecular weight is 426 g/mol. The summed E-state index contributed by atoms with van der Waals surface area (Å²) in [5.41, 5.74) is 7.13. The molecule has 0 radical (unpaired) electrons. The van der Waals surface area contributed by atoms with E-state index in [9.17, 15) is 9.59 Å². The lowest BCUT2D eigenvalue weighted by Crippen LogP contribution is -2.55. The highest BCUT2D eigenvalue weighted by molar-refractivity contribution is 6.30. The van der Waals surface area contributed by atoms with Gasteiger partial charge in [-0.25, -0.2) is 0 Å². The minimum atomic E-state index is -0.378. The van der Waals surface area contributed by atoms with Crippen LogP contribution in [0, 0.1) is 17.8 Å². The van der Waals surface area contributed by atoms with E-state index in [1.807, 2.05) is 24.3 Å². The zero-order valence-electron chi connectivity index (χ0n) is 16.1. The van der Waals surface area contributed by atoms with Gasteiger partial charge in [0.1, 0.15) is 0 Å². The van der Waals surface area contributed by atoms with Gasteiger partial charge in [-0.05, 0) is 55.2 Å². The van der Waals surface area contributed by atoms with E-state index in [0.717, 1.165) is 31.2 Å². The van der Waals surface area contributed by atoms with Crippen LogP contribution in [0.25, 0.3) is 0 Å². The number of hydrogen-bond donors (Lipinski definition) is 2. The monoisotopic (exact) mass is 425 g/mol. The first-order valence-corrected chi connectivity index (χ1v) is 10.4. The van der Waals surface area contributed by atoms with Gasteiger partial charge in [-0.1, -0.05) is 30.2 Å². The first kappa shape index (κ1) is 21.4. The normalized spacial score (nSPS) is 34.7. The summed E-state index contributed by atoms with van der Waals surface area (Å²) < 4.78 is 0. The highest BCUT2D eigenvalue weighted by Gasteiger charge is 2.45. The van der Waals surface area contributed by atoms with Crippen molar-refractivity contribution in [1.82, 2.24) is 10.2 Å². The van der Waals surface area contributed by atoms with Crippen molar-refractivity contribution in [3.63, 3.8) is 0 Å². The minimum absolute atomic E-state index is 0. The Hall–Kier alpha value is -1.30. The van der Waals surface area contributed by atoms with Crippen LogP contribution < -0.4 is 11.1 Å². The van der Waals surface area contributed by atoms with Crippen LogP contribution in [0.5, 0.6) is 0 Å². The fourth-order valence-corrected chi connectivity index (χ4v) is 5.75. The molecule has 0 spiro atoms. The summed E-state index contributed by atoms with van der Waals surface area (Å²) in [4.78, 5) is 27.3. The molecule has 7 heteroatoms. The molecule has 28 heavy (non-hydrogen) atoms. The Morgan fingerprint density at radius 1 is 1.25 bits per heavy atom. The largest absolute Gasteiger partial charge is 0.352 e. The summed E-state index contributed by atoms with van der Waals surface area (Å²) in [7, 11) is 1.77. The first-order valence-electron chi connectivity index (χ1n) is 10.0. The van der Waals surface area contributed by atoms with E-state index >= 15 is 0 Å². The van der Waals surface area contributed by atoms with E-state index in [2.05, 4.69) is 5.32 Å². The van der Waals surface area contributed by atoms with Gasteiger partial charge < -0.3 is 16.0 Å². The second kappa shape index (κ2) is 8.60. The molecule has 2 aliphatic carbocycles. The molecule has 0 aromatic heterocycles. The number of benzene rings is 1. The van der Waals surface area contributed by atoms with Crippen LogP contribution in [-0.2, 0) is 9.59 Å². The van der Waals surface area contributed by atoms with E-state index in [0.29, 0.717) is 16.9 Å². The standard InChI is InChI=1S/C21H28ClN3O2.ClH/c1-25-18(26)11-17(20(25)14-6-3-7-15(22)8-14)21(27)24-19-12-4-2-5-13(19)10-16(23)9-12;/h3,6-8,12-13,16-17,19-20H,2,4-5,9-11,23H2,1H3,(H,24,27);1H. The molecule has 2 bridgehead atoms. The third kappa shape index (κ3) is 4.03. The number of nitrogens with one attached hydrogen (secondary N) is 1. The number of fused-ring (bicyclic) bond motifs is 2. The fraction of sp³-hybridized carbons (Fsp3) is 0.619. The second-order valence-electron chi connectivity index (χ2n) is 8.53. The zero-order chi connectivity index (χ0) is 19.1. The molecule has 1 saturated heterocycles. The number of nitrogens with two attached hydrogens (primary N) is 1. The van der Waals surface area contributed by atoms with Gasteiger partial charge in [-0.3, -0.25) is 9.59 Å². The molecule has 154 valence electrons. The zero-order valence-corrected chi connectivity index (χ0v) is 17.7. The third-order valence-corrected chi connectivity index (χ3v) is 7.03. The van der Waals surface area contributed by atoms with Gasteiger partial charge in [0.15, 0.2) is 0 Å². The van der Waals surface area contributed by atoms with Gasteiger partial charge in [0, 0.05) is 30.6 Å². The molecule has 3 N–H and O–H groups in total. The molecular formula is C21H29Cl2N3O2. The van der Waals surface area contributed by atoms with Gasteiger partial charge in [0.2, 0.25) is 11.8 Å². The Bertz CT molecular complexity index is 730. The van der Waals surface area contributed by atoms with Crippen molar-refractivity contribution in [2.45, 2.75) is 56.7 Å². The van der Waals surface area contributed by atoms with Gasteiger partial charge >= 0.3 is 0 Å². The van der Waals surface area contributed by atoms with Gasteiger partial charge in [0.05, 0.1) is 12.0 Å². The Kier molecular flexibility index (Phi) is 6.58. The Morgan fingerprint density at radius 3 is 2.57 bits per heavy atom. The number of halogens is 2. The van der Waals surface area contributed by atoms with Crippen LogP contribution in [0.15, 0.2) is 24.3 Å². The molecule has 4 atom stereocenters. The van der Waals surface area contributed by atoms with E-state index < -0.39 is 0 Å². The molecule has 5 nitrogen and oxygen atoms in total. The molecule has 2 amide bonds. The van der Waals surface area contributed by atoms with E-state index in [4.69, 9.17) is 17.3 Å². The highest BCUT2D eigenvalue weighted by atomic mass is 35.5. The van der Waals surface area contributed by atoms with E-state index in [-0.39, 0.29) is 54.7 Å². The Balaban J connectivity index is 0.00000225. The Labute approximate surface area is 177 Å². The smallest absolute Gasteiger partial charge is 0.226 e. The molecular weight excluding hydrogens is 397 g/mol. The molecule has 2 saturated carbocycles. The van der Waals surface area contributed by atoms with Crippen LogP contribution in [0.4, 0.5) is 0 Å². The van der Waals surface area contributed by atoms with Crippen LogP contribution in [0.2, 0.25) is 5.02 Å². The number of rotatable bonds is 3. The molecule has 4 rings (SSSR count). The number of carbonyl (C=O) groups excluding carboxylic acids is 2. The van der Waals surface area contributed by atoms with Crippen molar-refractivity contribution in [3.8, 4) is 0 Å².